The monoisotopic (exact) mass is 402 g/mol. The number of nitrogens with one attached hydrogen (secondary N) is 3. The van der Waals surface area contributed by atoms with Crippen molar-refractivity contribution in [3.05, 3.63) is 71.4 Å². The number of hydrogen-bond donors (Lipinski definition) is 3. The SMILES string of the molecule is Cc1cnc(Nc2ccc(OC3CCNCC3)cc2)cc1Nc1cccc(C)c1C. The summed E-state index contributed by atoms with van der Waals surface area (Å²) in [6.45, 7) is 8.40. The summed E-state index contributed by atoms with van der Waals surface area (Å²) >= 11 is 0. The first kappa shape index (κ1) is 20.2. The zero-order chi connectivity index (χ0) is 20.9. The topological polar surface area (TPSA) is 58.2 Å². The molecule has 3 aromatic rings. The van der Waals surface area contributed by atoms with Crippen LogP contribution in [-0.4, -0.2) is 24.2 Å². The molecule has 3 N–H and O–H groups in total. The second-order valence-corrected chi connectivity index (χ2v) is 7.97. The smallest absolute Gasteiger partial charge is 0.132 e. The highest BCUT2D eigenvalue weighted by Gasteiger charge is 2.14. The number of piperidine rings is 1. The summed E-state index contributed by atoms with van der Waals surface area (Å²) in [7, 11) is 0. The lowest BCUT2D eigenvalue weighted by Crippen LogP contribution is -2.34. The van der Waals surface area contributed by atoms with Crippen molar-refractivity contribution < 1.29 is 4.74 Å². The third-order valence-corrected chi connectivity index (χ3v) is 5.69. The number of aryl methyl sites for hydroxylation is 2. The van der Waals surface area contributed by atoms with E-state index in [9.17, 15) is 0 Å². The molecule has 5 nitrogen and oxygen atoms in total. The van der Waals surface area contributed by atoms with Gasteiger partial charge < -0.3 is 20.7 Å². The van der Waals surface area contributed by atoms with Crippen LogP contribution in [0.1, 0.15) is 29.5 Å². The number of pyridine rings is 1. The lowest BCUT2D eigenvalue weighted by Gasteiger charge is -2.23. The Hall–Kier alpha value is -3.05. The normalized spacial score (nSPS) is 14.4. The Labute approximate surface area is 178 Å². The molecule has 1 aliphatic rings. The largest absolute Gasteiger partial charge is 0.490 e. The Bertz CT molecular complexity index is 995. The molecule has 1 saturated heterocycles. The number of nitrogens with zero attached hydrogens (tertiary/aromatic N) is 1. The van der Waals surface area contributed by atoms with Crippen LogP contribution in [0.25, 0.3) is 0 Å². The molecule has 4 rings (SSSR count). The van der Waals surface area contributed by atoms with Crippen molar-refractivity contribution in [3.8, 4) is 5.75 Å². The molecule has 0 atom stereocenters. The van der Waals surface area contributed by atoms with E-state index in [1.165, 1.54) is 11.1 Å². The van der Waals surface area contributed by atoms with E-state index in [-0.39, 0.29) is 0 Å². The number of hydrogen-bond acceptors (Lipinski definition) is 5. The number of rotatable bonds is 6. The van der Waals surface area contributed by atoms with Crippen LogP contribution in [0.5, 0.6) is 5.75 Å². The molecule has 0 unspecified atom stereocenters. The van der Waals surface area contributed by atoms with Crippen LogP contribution in [0, 0.1) is 20.8 Å². The van der Waals surface area contributed by atoms with Crippen molar-refractivity contribution in [2.45, 2.75) is 39.7 Å². The minimum Gasteiger partial charge on any atom is -0.490 e. The molecular weight excluding hydrogens is 372 g/mol. The maximum absolute atomic E-state index is 6.09. The predicted molar refractivity (Wildman–Crippen MR) is 124 cm³/mol. The second kappa shape index (κ2) is 9.18. The molecule has 2 heterocycles. The lowest BCUT2D eigenvalue weighted by atomic mass is 10.1. The number of ether oxygens (including phenoxy) is 1. The highest BCUT2D eigenvalue weighted by atomic mass is 16.5. The summed E-state index contributed by atoms with van der Waals surface area (Å²) in [4.78, 5) is 4.54. The third kappa shape index (κ3) is 4.92. The van der Waals surface area contributed by atoms with Gasteiger partial charge >= 0.3 is 0 Å². The molecular formula is C25H30N4O. The fourth-order valence-electron chi connectivity index (χ4n) is 3.63. The molecule has 0 amide bonds. The van der Waals surface area contributed by atoms with Gasteiger partial charge in [-0.25, -0.2) is 4.98 Å². The molecule has 0 aliphatic carbocycles. The van der Waals surface area contributed by atoms with Gasteiger partial charge in [0.2, 0.25) is 0 Å². The second-order valence-electron chi connectivity index (χ2n) is 7.97. The standard InChI is InChI=1S/C25H30N4O/c1-17-5-4-6-23(19(17)3)29-24-15-25(27-16-18(24)2)28-20-7-9-21(10-8-20)30-22-11-13-26-14-12-22/h4-10,15-16,22,26H,11-14H2,1-3H3,(H2,27,28,29). The quantitative estimate of drug-likeness (QED) is 0.499. The summed E-state index contributed by atoms with van der Waals surface area (Å²) < 4.78 is 6.09. The highest BCUT2D eigenvalue weighted by molar-refractivity contribution is 5.70. The molecule has 156 valence electrons. The first-order chi connectivity index (χ1) is 14.6. The van der Waals surface area contributed by atoms with E-state index in [4.69, 9.17) is 4.74 Å². The fraction of sp³-hybridized carbons (Fsp3) is 0.320. The van der Waals surface area contributed by atoms with Crippen LogP contribution in [-0.2, 0) is 0 Å². The maximum Gasteiger partial charge on any atom is 0.132 e. The number of benzene rings is 2. The predicted octanol–water partition coefficient (Wildman–Crippen LogP) is 5.62. The Kier molecular flexibility index (Phi) is 6.19. The van der Waals surface area contributed by atoms with Crippen LogP contribution in [0.2, 0.25) is 0 Å². The Morgan fingerprint density at radius 1 is 0.900 bits per heavy atom. The van der Waals surface area contributed by atoms with E-state index in [2.05, 4.69) is 66.0 Å². The first-order valence-electron chi connectivity index (χ1n) is 10.6. The van der Waals surface area contributed by atoms with Gasteiger partial charge in [0, 0.05) is 29.3 Å². The molecule has 1 aromatic heterocycles. The van der Waals surface area contributed by atoms with E-state index in [0.29, 0.717) is 6.10 Å². The lowest BCUT2D eigenvalue weighted by molar-refractivity contribution is 0.162. The van der Waals surface area contributed by atoms with Crippen molar-refractivity contribution in [2.24, 2.45) is 0 Å². The van der Waals surface area contributed by atoms with Crippen molar-refractivity contribution in [1.82, 2.24) is 10.3 Å². The average molecular weight is 403 g/mol. The summed E-state index contributed by atoms with van der Waals surface area (Å²) in [5.74, 6) is 1.72. The van der Waals surface area contributed by atoms with E-state index in [0.717, 1.165) is 60.1 Å². The Morgan fingerprint density at radius 2 is 1.67 bits per heavy atom. The van der Waals surface area contributed by atoms with Gasteiger partial charge in [-0.15, -0.1) is 0 Å². The zero-order valence-corrected chi connectivity index (χ0v) is 18.0. The third-order valence-electron chi connectivity index (χ3n) is 5.69. The minimum absolute atomic E-state index is 0.308. The van der Waals surface area contributed by atoms with Crippen LogP contribution in [0.3, 0.4) is 0 Å². The summed E-state index contributed by atoms with van der Waals surface area (Å²) in [5.41, 5.74) is 6.79. The fourth-order valence-corrected chi connectivity index (χ4v) is 3.63. The molecule has 0 saturated carbocycles. The van der Waals surface area contributed by atoms with Gasteiger partial charge in [0.25, 0.3) is 0 Å². The van der Waals surface area contributed by atoms with Crippen molar-refractivity contribution in [2.75, 3.05) is 23.7 Å². The summed E-state index contributed by atoms with van der Waals surface area (Å²) in [6.07, 6.45) is 4.32. The van der Waals surface area contributed by atoms with Crippen molar-refractivity contribution >= 4 is 22.9 Å². The van der Waals surface area contributed by atoms with Gasteiger partial charge in [-0.2, -0.15) is 0 Å². The van der Waals surface area contributed by atoms with Gasteiger partial charge in [-0.3, -0.25) is 0 Å². The molecule has 0 bridgehead atoms. The van der Waals surface area contributed by atoms with Gasteiger partial charge in [-0.1, -0.05) is 12.1 Å². The van der Waals surface area contributed by atoms with Crippen LogP contribution < -0.4 is 20.7 Å². The van der Waals surface area contributed by atoms with E-state index in [1.807, 2.05) is 30.5 Å². The molecule has 30 heavy (non-hydrogen) atoms. The molecule has 0 spiro atoms. The van der Waals surface area contributed by atoms with Gasteiger partial charge in [0.15, 0.2) is 0 Å². The number of aromatic nitrogens is 1. The molecule has 1 fully saturated rings. The van der Waals surface area contributed by atoms with E-state index in [1.54, 1.807) is 0 Å². The maximum atomic E-state index is 6.09. The van der Waals surface area contributed by atoms with Gasteiger partial charge in [0.1, 0.15) is 17.7 Å². The van der Waals surface area contributed by atoms with E-state index >= 15 is 0 Å². The molecule has 1 aliphatic heterocycles. The van der Waals surface area contributed by atoms with Crippen molar-refractivity contribution in [1.29, 1.82) is 0 Å². The van der Waals surface area contributed by atoms with Crippen molar-refractivity contribution in [3.63, 3.8) is 0 Å². The summed E-state index contributed by atoms with van der Waals surface area (Å²) in [5, 5.41) is 10.3. The van der Waals surface area contributed by atoms with E-state index < -0.39 is 0 Å². The molecule has 5 heteroatoms. The van der Waals surface area contributed by atoms with Crippen LogP contribution >= 0.6 is 0 Å². The molecule has 2 aromatic carbocycles. The summed E-state index contributed by atoms with van der Waals surface area (Å²) in [6, 6.07) is 16.5. The average Bonchev–Trinajstić information content (AvgIpc) is 2.76. The Morgan fingerprint density at radius 3 is 2.43 bits per heavy atom. The zero-order valence-electron chi connectivity index (χ0n) is 18.0. The van der Waals surface area contributed by atoms with Gasteiger partial charge in [0.05, 0.1) is 0 Å². The number of anilines is 4. The minimum atomic E-state index is 0.308. The van der Waals surface area contributed by atoms with Crippen LogP contribution in [0.15, 0.2) is 54.7 Å². The first-order valence-corrected chi connectivity index (χ1v) is 10.6. The molecule has 0 radical (unpaired) electrons. The Balaban J connectivity index is 1.44. The van der Waals surface area contributed by atoms with Gasteiger partial charge in [-0.05, 0) is 93.7 Å². The highest BCUT2D eigenvalue weighted by Crippen LogP contribution is 2.28. The van der Waals surface area contributed by atoms with Crippen LogP contribution in [0.4, 0.5) is 22.9 Å².